The second-order valence-corrected chi connectivity index (χ2v) is 9.57. The Morgan fingerprint density at radius 1 is 0.889 bits per heavy atom. The molecule has 2 rings (SSSR count). The Morgan fingerprint density at radius 3 is 1.94 bits per heavy atom. The maximum absolute atomic E-state index is 6.04. The van der Waals surface area contributed by atoms with Gasteiger partial charge in [0.15, 0.2) is 0 Å². The highest BCUT2D eigenvalue weighted by molar-refractivity contribution is 6.66. The summed E-state index contributed by atoms with van der Waals surface area (Å²) in [6.07, 6.45) is 9.32. The Hall–Kier alpha value is 0.0969. The highest BCUT2D eigenvalue weighted by Gasteiger charge is 2.51. The molecule has 0 radical (unpaired) electrons. The molecule has 4 heteroatoms. The first-order chi connectivity index (χ1) is 8.73. The van der Waals surface area contributed by atoms with Crippen molar-refractivity contribution < 1.29 is 8.85 Å². The Balaban J connectivity index is 2.09. The zero-order valence-corrected chi connectivity index (χ0v) is 13.3. The topological polar surface area (TPSA) is 21.7 Å². The number of hydrogen-bond acceptors (Lipinski definition) is 3. The van der Waals surface area contributed by atoms with Gasteiger partial charge in [-0.2, -0.15) is 0 Å². The van der Waals surface area contributed by atoms with Gasteiger partial charge in [-0.1, -0.05) is 26.2 Å². The minimum atomic E-state index is -2.14. The van der Waals surface area contributed by atoms with Crippen LogP contribution < -0.4 is 0 Å². The number of nitrogens with zero attached hydrogens (tertiary/aromatic N) is 1. The molecule has 1 heterocycles. The van der Waals surface area contributed by atoms with E-state index in [-0.39, 0.29) is 0 Å². The molecule has 0 aromatic heterocycles. The van der Waals surface area contributed by atoms with Gasteiger partial charge < -0.3 is 8.85 Å². The SMILES string of the molecule is CO[Si](OC)(C1CCCCC1)N1CCC(C)CC1. The first-order valence-corrected chi connectivity index (χ1v) is 9.42. The van der Waals surface area contributed by atoms with Crippen LogP contribution in [-0.2, 0) is 8.85 Å². The van der Waals surface area contributed by atoms with Gasteiger partial charge >= 0.3 is 8.72 Å². The lowest BCUT2D eigenvalue weighted by Crippen LogP contribution is -2.62. The molecule has 2 aliphatic rings. The summed E-state index contributed by atoms with van der Waals surface area (Å²) in [6.45, 7) is 4.71. The highest BCUT2D eigenvalue weighted by atomic mass is 28.4. The third-order valence-corrected chi connectivity index (χ3v) is 9.04. The Kier molecular flexibility index (Phi) is 5.24. The lowest BCUT2D eigenvalue weighted by Gasteiger charge is -2.46. The molecule has 0 amide bonds. The van der Waals surface area contributed by atoms with Crippen LogP contribution in [0.4, 0.5) is 0 Å². The van der Waals surface area contributed by atoms with Crippen molar-refractivity contribution in [1.29, 1.82) is 0 Å². The van der Waals surface area contributed by atoms with Crippen molar-refractivity contribution in [3.63, 3.8) is 0 Å². The molecule has 0 spiro atoms. The minimum absolute atomic E-state index is 0.676. The quantitative estimate of drug-likeness (QED) is 0.732. The molecular formula is C14H29NO2Si. The molecule has 3 nitrogen and oxygen atoms in total. The van der Waals surface area contributed by atoms with Gasteiger partial charge in [-0.25, -0.2) is 0 Å². The Morgan fingerprint density at radius 2 is 1.44 bits per heavy atom. The van der Waals surface area contributed by atoms with Crippen molar-refractivity contribution in [3.05, 3.63) is 0 Å². The maximum Gasteiger partial charge on any atom is 0.430 e. The van der Waals surface area contributed by atoms with Crippen LogP contribution in [0.5, 0.6) is 0 Å². The normalized spacial score (nSPS) is 25.5. The van der Waals surface area contributed by atoms with Crippen LogP contribution in [-0.4, -0.2) is 40.6 Å². The lowest BCUT2D eigenvalue weighted by atomic mass is 10.0. The van der Waals surface area contributed by atoms with Gasteiger partial charge in [0.25, 0.3) is 0 Å². The molecule has 0 unspecified atom stereocenters. The van der Waals surface area contributed by atoms with E-state index in [0.717, 1.165) is 5.92 Å². The third kappa shape index (κ3) is 2.82. The van der Waals surface area contributed by atoms with E-state index in [1.165, 1.54) is 58.0 Å². The van der Waals surface area contributed by atoms with E-state index in [4.69, 9.17) is 8.85 Å². The van der Waals surface area contributed by atoms with Crippen molar-refractivity contribution in [2.45, 2.75) is 57.4 Å². The lowest BCUT2D eigenvalue weighted by molar-refractivity contribution is 0.120. The van der Waals surface area contributed by atoms with Crippen LogP contribution in [0.2, 0.25) is 5.54 Å². The van der Waals surface area contributed by atoms with E-state index in [9.17, 15) is 0 Å². The fraction of sp³-hybridized carbons (Fsp3) is 1.00. The summed E-state index contributed by atoms with van der Waals surface area (Å²) in [6, 6.07) is 0. The van der Waals surface area contributed by atoms with Gasteiger partial charge in [0.05, 0.1) is 0 Å². The van der Waals surface area contributed by atoms with E-state index in [1.807, 2.05) is 14.2 Å². The van der Waals surface area contributed by atoms with Crippen LogP contribution in [0.25, 0.3) is 0 Å². The zero-order valence-electron chi connectivity index (χ0n) is 12.3. The molecule has 0 N–H and O–H groups in total. The molecule has 106 valence electrons. The van der Waals surface area contributed by atoms with Crippen molar-refractivity contribution in [3.8, 4) is 0 Å². The molecule has 0 aromatic carbocycles. The molecular weight excluding hydrogens is 242 g/mol. The van der Waals surface area contributed by atoms with Gasteiger partial charge in [0.2, 0.25) is 0 Å². The van der Waals surface area contributed by atoms with E-state index in [2.05, 4.69) is 11.5 Å². The summed E-state index contributed by atoms with van der Waals surface area (Å²) in [5, 5.41) is 0. The summed E-state index contributed by atoms with van der Waals surface area (Å²) in [4.78, 5) is 0. The predicted octanol–water partition coefficient (Wildman–Crippen LogP) is 3.28. The predicted molar refractivity (Wildman–Crippen MR) is 76.6 cm³/mol. The Labute approximate surface area is 113 Å². The highest BCUT2D eigenvalue weighted by Crippen LogP contribution is 2.40. The molecule has 1 aliphatic carbocycles. The van der Waals surface area contributed by atoms with Crippen LogP contribution in [0.15, 0.2) is 0 Å². The summed E-state index contributed by atoms with van der Waals surface area (Å²) in [5.41, 5.74) is 0.676. The molecule has 0 bridgehead atoms. The third-order valence-electron chi connectivity index (χ3n) is 4.93. The van der Waals surface area contributed by atoms with Gasteiger partial charge in [0, 0.05) is 19.8 Å². The van der Waals surface area contributed by atoms with Crippen LogP contribution in [0.3, 0.4) is 0 Å². The number of hydrogen-bond donors (Lipinski definition) is 0. The van der Waals surface area contributed by atoms with Crippen molar-refractivity contribution in [2.75, 3.05) is 27.3 Å². The maximum atomic E-state index is 6.04. The number of piperidine rings is 1. The molecule has 2 fully saturated rings. The summed E-state index contributed by atoms with van der Waals surface area (Å²) in [7, 11) is 1.62. The minimum Gasteiger partial charge on any atom is -0.386 e. The molecule has 1 aliphatic heterocycles. The van der Waals surface area contributed by atoms with Crippen molar-refractivity contribution in [2.24, 2.45) is 5.92 Å². The van der Waals surface area contributed by atoms with Gasteiger partial charge in [-0.15, -0.1) is 0 Å². The van der Waals surface area contributed by atoms with Gasteiger partial charge in [-0.05, 0) is 44.7 Å². The molecule has 18 heavy (non-hydrogen) atoms. The summed E-state index contributed by atoms with van der Waals surface area (Å²) in [5.74, 6) is 0.869. The molecule has 0 atom stereocenters. The van der Waals surface area contributed by atoms with Crippen molar-refractivity contribution >= 4 is 8.72 Å². The first-order valence-electron chi connectivity index (χ1n) is 7.58. The van der Waals surface area contributed by atoms with Crippen molar-refractivity contribution in [1.82, 2.24) is 4.57 Å². The van der Waals surface area contributed by atoms with Gasteiger partial charge in [0.1, 0.15) is 0 Å². The summed E-state index contributed by atoms with van der Waals surface area (Å²) >= 11 is 0. The fourth-order valence-electron chi connectivity index (χ4n) is 3.72. The van der Waals surface area contributed by atoms with E-state index < -0.39 is 8.72 Å². The first kappa shape index (κ1) is 14.5. The standard InChI is InChI=1S/C14H29NO2Si/c1-13-9-11-15(12-10-13)18(16-2,17-3)14-7-5-4-6-8-14/h13-14H,4-12H2,1-3H3. The van der Waals surface area contributed by atoms with Crippen LogP contribution in [0.1, 0.15) is 51.9 Å². The second-order valence-electron chi connectivity index (χ2n) is 6.04. The second kappa shape index (κ2) is 6.50. The monoisotopic (exact) mass is 271 g/mol. The van der Waals surface area contributed by atoms with Gasteiger partial charge in [-0.3, -0.25) is 4.57 Å². The average Bonchev–Trinajstić information content (AvgIpc) is 2.44. The molecule has 1 saturated carbocycles. The average molecular weight is 271 g/mol. The summed E-state index contributed by atoms with van der Waals surface area (Å²) < 4.78 is 14.7. The zero-order chi connectivity index (χ0) is 13.0. The fourth-order valence-corrected chi connectivity index (χ4v) is 7.61. The number of rotatable bonds is 4. The smallest absolute Gasteiger partial charge is 0.386 e. The van der Waals surface area contributed by atoms with Crippen LogP contribution >= 0.6 is 0 Å². The van der Waals surface area contributed by atoms with Crippen LogP contribution in [0, 0.1) is 5.92 Å². The van der Waals surface area contributed by atoms with E-state index >= 15 is 0 Å². The Bertz CT molecular complexity index is 244. The molecule has 0 aromatic rings. The largest absolute Gasteiger partial charge is 0.430 e. The van der Waals surface area contributed by atoms with E-state index in [0.29, 0.717) is 5.54 Å². The van der Waals surface area contributed by atoms with E-state index in [1.54, 1.807) is 0 Å². The molecule has 1 saturated heterocycles.